The molecule has 0 spiro atoms. The van der Waals surface area contributed by atoms with Crippen LogP contribution in [-0.4, -0.2) is 25.0 Å². The summed E-state index contributed by atoms with van der Waals surface area (Å²) >= 11 is 0. The summed E-state index contributed by atoms with van der Waals surface area (Å²) in [4.78, 5) is 10.7. The smallest absolute Gasteiger partial charge is 0.481 e. The van der Waals surface area contributed by atoms with E-state index in [1.807, 2.05) is 6.92 Å². The summed E-state index contributed by atoms with van der Waals surface area (Å²) in [6.45, 7) is 3.33. The maximum Gasteiger partial charge on any atom is 0.501 e. The lowest BCUT2D eigenvalue weighted by molar-refractivity contribution is -0.143. The van der Waals surface area contributed by atoms with Gasteiger partial charge in [0.2, 0.25) is 0 Å². The summed E-state index contributed by atoms with van der Waals surface area (Å²) in [7, 11) is -5.50. The predicted octanol–water partition coefficient (Wildman–Crippen LogP) is 3.90. The number of hydrogen-bond donors (Lipinski definition) is 1. The maximum atomic E-state index is 12.7. The molecule has 0 fully saturated rings. The Morgan fingerprint density at radius 1 is 1.22 bits per heavy atom. The summed E-state index contributed by atoms with van der Waals surface area (Å²) in [5, 5.41) is 9.47. The molecule has 0 aliphatic rings. The summed E-state index contributed by atoms with van der Waals surface area (Å²) < 4.78 is 60.9. The number of alkyl halides is 3. The molecule has 23 heavy (non-hydrogen) atoms. The highest BCUT2D eigenvalue weighted by atomic mass is 32.2. The van der Waals surface area contributed by atoms with Crippen LogP contribution in [0.15, 0.2) is 29.2 Å². The van der Waals surface area contributed by atoms with Crippen LogP contribution in [0.1, 0.15) is 45.1 Å². The van der Waals surface area contributed by atoms with Crippen molar-refractivity contribution in [3.63, 3.8) is 0 Å². The fraction of sp³-hybridized carbons (Fsp3) is 0.533. The molecule has 0 aromatic heterocycles. The Balaban J connectivity index is 3.32. The average molecular weight is 352 g/mol. The van der Waals surface area contributed by atoms with Crippen LogP contribution in [0.4, 0.5) is 13.2 Å². The van der Waals surface area contributed by atoms with Gasteiger partial charge in [-0.1, -0.05) is 38.3 Å². The highest BCUT2D eigenvalue weighted by molar-refractivity contribution is 7.92. The first-order chi connectivity index (χ1) is 10.5. The van der Waals surface area contributed by atoms with Crippen molar-refractivity contribution in [3.05, 3.63) is 29.8 Å². The number of carboxylic acid groups (broad SMARTS) is 1. The van der Waals surface area contributed by atoms with E-state index >= 15 is 0 Å². The van der Waals surface area contributed by atoms with Gasteiger partial charge in [0.05, 0.1) is 10.3 Å². The standard InChI is InChI=1S/C15H19F3O4S/c1-3-4-5-9-14(2,13(19)20)11-7-6-8-12(10-11)23(21,22)15(16,17)18/h6-8,10H,3-5,9H2,1-2H3,(H,19,20). The fourth-order valence-electron chi connectivity index (χ4n) is 2.24. The van der Waals surface area contributed by atoms with Gasteiger partial charge in [0.25, 0.3) is 9.84 Å². The van der Waals surface area contributed by atoms with E-state index in [0.29, 0.717) is 6.42 Å². The second kappa shape index (κ2) is 6.90. The van der Waals surface area contributed by atoms with E-state index in [2.05, 4.69) is 0 Å². The van der Waals surface area contributed by atoms with Crippen LogP contribution >= 0.6 is 0 Å². The Morgan fingerprint density at radius 2 is 1.83 bits per heavy atom. The molecular formula is C15H19F3O4S. The zero-order chi connectivity index (χ0) is 17.9. The molecule has 1 N–H and O–H groups in total. The van der Waals surface area contributed by atoms with Gasteiger partial charge in [-0.3, -0.25) is 4.79 Å². The van der Waals surface area contributed by atoms with Gasteiger partial charge in [-0.05, 0) is 31.0 Å². The van der Waals surface area contributed by atoms with Crippen molar-refractivity contribution < 1.29 is 31.5 Å². The molecule has 130 valence electrons. The Morgan fingerprint density at radius 3 is 2.30 bits per heavy atom. The maximum absolute atomic E-state index is 12.7. The Labute approximate surface area is 133 Å². The summed E-state index contributed by atoms with van der Waals surface area (Å²) in [5.74, 6) is -1.20. The van der Waals surface area contributed by atoms with Crippen molar-refractivity contribution in [2.45, 2.75) is 55.3 Å². The minimum Gasteiger partial charge on any atom is -0.481 e. The van der Waals surface area contributed by atoms with Crippen LogP contribution in [0, 0.1) is 0 Å². The number of carbonyl (C=O) groups is 1. The van der Waals surface area contributed by atoms with E-state index in [0.717, 1.165) is 31.0 Å². The van der Waals surface area contributed by atoms with Crippen LogP contribution in [0.3, 0.4) is 0 Å². The molecule has 1 atom stereocenters. The molecule has 4 nitrogen and oxygen atoms in total. The van der Waals surface area contributed by atoms with Gasteiger partial charge >= 0.3 is 11.5 Å². The SMILES string of the molecule is CCCCCC(C)(C(=O)O)c1cccc(S(=O)(=O)C(F)(F)F)c1. The molecule has 1 aromatic rings. The number of carboxylic acids is 1. The molecule has 1 aromatic carbocycles. The first-order valence-corrected chi connectivity index (χ1v) is 8.60. The number of unbranched alkanes of at least 4 members (excludes halogenated alkanes) is 2. The first-order valence-electron chi connectivity index (χ1n) is 7.12. The molecule has 0 radical (unpaired) electrons. The lowest BCUT2D eigenvalue weighted by Gasteiger charge is -2.26. The van der Waals surface area contributed by atoms with E-state index in [4.69, 9.17) is 0 Å². The van der Waals surface area contributed by atoms with Gasteiger partial charge in [-0.15, -0.1) is 0 Å². The Kier molecular flexibility index (Phi) is 5.84. The molecule has 0 amide bonds. The molecule has 1 unspecified atom stereocenters. The zero-order valence-electron chi connectivity index (χ0n) is 12.9. The number of sulfone groups is 1. The Hall–Kier alpha value is -1.57. The molecular weight excluding hydrogens is 333 g/mol. The van der Waals surface area contributed by atoms with Crippen LogP contribution in [0.2, 0.25) is 0 Å². The van der Waals surface area contributed by atoms with E-state index in [1.165, 1.54) is 13.0 Å². The topological polar surface area (TPSA) is 71.4 Å². The highest BCUT2D eigenvalue weighted by Gasteiger charge is 2.47. The van der Waals surface area contributed by atoms with E-state index in [-0.39, 0.29) is 12.0 Å². The van der Waals surface area contributed by atoms with E-state index in [9.17, 15) is 31.5 Å². The lowest BCUT2D eigenvalue weighted by Crippen LogP contribution is -2.33. The number of aliphatic carboxylic acids is 1. The van der Waals surface area contributed by atoms with Crippen molar-refractivity contribution in [2.24, 2.45) is 0 Å². The molecule has 0 aliphatic carbocycles. The number of rotatable bonds is 7. The number of hydrogen-bond acceptors (Lipinski definition) is 3. The largest absolute Gasteiger partial charge is 0.501 e. The van der Waals surface area contributed by atoms with Gasteiger partial charge in [0, 0.05) is 0 Å². The molecule has 0 saturated carbocycles. The number of benzene rings is 1. The second-order valence-electron chi connectivity index (χ2n) is 5.57. The van der Waals surface area contributed by atoms with E-state index in [1.54, 1.807) is 0 Å². The third-order valence-corrected chi connectivity index (χ3v) is 5.32. The third-order valence-electron chi connectivity index (χ3n) is 3.84. The monoisotopic (exact) mass is 352 g/mol. The second-order valence-corrected chi connectivity index (χ2v) is 7.51. The molecule has 8 heteroatoms. The van der Waals surface area contributed by atoms with Crippen LogP contribution < -0.4 is 0 Å². The molecule has 0 aliphatic heterocycles. The van der Waals surface area contributed by atoms with Crippen molar-refractivity contribution in [1.82, 2.24) is 0 Å². The van der Waals surface area contributed by atoms with Gasteiger partial charge in [0.1, 0.15) is 0 Å². The van der Waals surface area contributed by atoms with Crippen LogP contribution in [-0.2, 0) is 20.0 Å². The minimum atomic E-state index is -5.50. The van der Waals surface area contributed by atoms with Gasteiger partial charge in [-0.25, -0.2) is 8.42 Å². The lowest BCUT2D eigenvalue weighted by atomic mass is 9.78. The van der Waals surface area contributed by atoms with Crippen LogP contribution in [0.25, 0.3) is 0 Å². The van der Waals surface area contributed by atoms with Gasteiger partial charge in [-0.2, -0.15) is 13.2 Å². The molecule has 0 saturated heterocycles. The van der Waals surface area contributed by atoms with Crippen molar-refractivity contribution in [2.75, 3.05) is 0 Å². The van der Waals surface area contributed by atoms with E-state index < -0.39 is 31.6 Å². The summed E-state index contributed by atoms with van der Waals surface area (Å²) in [6.07, 6.45) is 2.43. The molecule has 1 rings (SSSR count). The number of halogens is 3. The third kappa shape index (κ3) is 4.04. The predicted molar refractivity (Wildman–Crippen MR) is 78.8 cm³/mol. The van der Waals surface area contributed by atoms with Crippen LogP contribution in [0.5, 0.6) is 0 Å². The highest BCUT2D eigenvalue weighted by Crippen LogP contribution is 2.35. The molecule has 0 heterocycles. The van der Waals surface area contributed by atoms with Gasteiger partial charge < -0.3 is 5.11 Å². The quantitative estimate of drug-likeness (QED) is 0.756. The summed E-state index contributed by atoms with van der Waals surface area (Å²) in [5.41, 5.74) is -6.81. The fourth-order valence-corrected chi connectivity index (χ4v) is 3.05. The average Bonchev–Trinajstić information content (AvgIpc) is 2.46. The zero-order valence-corrected chi connectivity index (χ0v) is 13.7. The van der Waals surface area contributed by atoms with Crippen molar-refractivity contribution in [3.8, 4) is 0 Å². The summed E-state index contributed by atoms with van der Waals surface area (Å²) in [6, 6.07) is 4.11. The normalized spacial score (nSPS) is 15.2. The van der Waals surface area contributed by atoms with Gasteiger partial charge in [0.15, 0.2) is 0 Å². The van der Waals surface area contributed by atoms with Crippen molar-refractivity contribution in [1.29, 1.82) is 0 Å². The Bertz CT molecular complexity index is 668. The first kappa shape index (κ1) is 19.5. The molecule has 0 bridgehead atoms. The van der Waals surface area contributed by atoms with Crippen molar-refractivity contribution >= 4 is 15.8 Å². The minimum absolute atomic E-state index is 0.0476.